The fraction of sp³-hybridized carbons (Fsp3) is 0.417. The molecular formula is C12H14FN3O3. The number of hydrogen-bond donors (Lipinski definition) is 2. The van der Waals surface area contributed by atoms with Crippen LogP contribution in [0.5, 0.6) is 0 Å². The van der Waals surface area contributed by atoms with Gasteiger partial charge in [-0.2, -0.15) is 0 Å². The maximum absolute atomic E-state index is 13.6. The first-order valence-corrected chi connectivity index (χ1v) is 5.97. The van der Waals surface area contributed by atoms with E-state index in [-0.39, 0.29) is 0 Å². The van der Waals surface area contributed by atoms with E-state index in [1.165, 1.54) is 6.07 Å². The van der Waals surface area contributed by atoms with Crippen LogP contribution < -0.4 is 11.1 Å². The summed E-state index contributed by atoms with van der Waals surface area (Å²) < 4.78 is 13.6. The molecule has 1 aliphatic rings. The molecule has 0 heterocycles. The van der Waals surface area contributed by atoms with Crippen molar-refractivity contribution in [3.63, 3.8) is 0 Å². The Morgan fingerprint density at radius 2 is 2.05 bits per heavy atom. The topological polar surface area (TPSA) is 98.3 Å². The number of rotatable bonds is 3. The van der Waals surface area contributed by atoms with Crippen molar-refractivity contribution < 1.29 is 14.1 Å². The van der Waals surface area contributed by atoms with Gasteiger partial charge in [-0.1, -0.05) is 18.9 Å². The Morgan fingerprint density at radius 1 is 1.42 bits per heavy atom. The number of nitrogens with two attached hydrogens (primary N) is 1. The average molecular weight is 267 g/mol. The van der Waals surface area contributed by atoms with Gasteiger partial charge in [0.05, 0.1) is 10.5 Å². The van der Waals surface area contributed by atoms with Gasteiger partial charge in [0.2, 0.25) is 5.91 Å². The van der Waals surface area contributed by atoms with Crippen LogP contribution in [0.15, 0.2) is 18.2 Å². The number of amides is 1. The van der Waals surface area contributed by atoms with E-state index in [9.17, 15) is 19.3 Å². The minimum absolute atomic E-state index is 0.422. The predicted octanol–water partition coefficient (Wildman–Crippen LogP) is 1.94. The van der Waals surface area contributed by atoms with Crippen LogP contribution >= 0.6 is 0 Å². The first-order valence-electron chi connectivity index (χ1n) is 5.97. The van der Waals surface area contributed by atoms with Crippen LogP contribution in [0.25, 0.3) is 0 Å². The van der Waals surface area contributed by atoms with Crippen molar-refractivity contribution in [3.05, 3.63) is 34.1 Å². The van der Waals surface area contributed by atoms with E-state index in [1.807, 2.05) is 0 Å². The molecule has 19 heavy (non-hydrogen) atoms. The maximum atomic E-state index is 13.6. The molecule has 7 heteroatoms. The fourth-order valence-electron chi connectivity index (χ4n) is 2.26. The highest BCUT2D eigenvalue weighted by Crippen LogP contribution is 2.31. The summed E-state index contributed by atoms with van der Waals surface area (Å²) in [5.74, 6) is -1.41. The minimum Gasteiger partial charge on any atom is -0.317 e. The van der Waals surface area contributed by atoms with Gasteiger partial charge in [-0.25, -0.2) is 4.39 Å². The predicted molar refractivity (Wildman–Crippen MR) is 67.1 cm³/mol. The molecule has 1 saturated carbocycles. The second-order valence-electron chi connectivity index (χ2n) is 4.71. The van der Waals surface area contributed by atoms with Gasteiger partial charge >= 0.3 is 0 Å². The lowest BCUT2D eigenvalue weighted by Crippen LogP contribution is -2.48. The number of benzene rings is 1. The number of nitro benzene ring substituents is 1. The lowest BCUT2D eigenvalue weighted by molar-refractivity contribution is -0.384. The average Bonchev–Trinajstić information content (AvgIpc) is 2.79. The van der Waals surface area contributed by atoms with Gasteiger partial charge in [-0.05, 0) is 18.9 Å². The summed E-state index contributed by atoms with van der Waals surface area (Å²) in [6.45, 7) is 0. The van der Waals surface area contributed by atoms with Crippen molar-refractivity contribution in [2.24, 2.45) is 5.73 Å². The molecule has 0 unspecified atom stereocenters. The zero-order valence-electron chi connectivity index (χ0n) is 10.2. The third kappa shape index (κ3) is 2.55. The third-order valence-corrected chi connectivity index (χ3v) is 3.37. The smallest absolute Gasteiger partial charge is 0.295 e. The molecule has 0 aliphatic heterocycles. The molecule has 2 rings (SSSR count). The monoisotopic (exact) mass is 267 g/mol. The highest BCUT2D eigenvalue weighted by Gasteiger charge is 2.38. The largest absolute Gasteiger partial charge is 0.317 e. The molecule has 0 saturated heterocycles. The molecular weight excluding hydrogens is 253 g/mol. The molecule has 102 valence electrons. The summed E-state index contributed by atoms with van der Waals surface area (Å²) in [4.78, 5) is 22.1. The molecule has 0 bridgehead atoms. The quantitative estimate of drug-likeness (QED) is 0.645. The van der Waals surface area contributed by atoms with Crippen molar-refractivity contribution >= 4 is 17.3 Å². The Balaban J connectivity index is 2.28. The molecule has 0 atom stereocenters. The van der Waals surface area contributed by atoms with Crippen molar-refractivity contribution in [2.75, 3.05) is 5.32 Å². The number of nitro groups is 1. The molecule has 0 spiro atoms. The second kappa shape index (κ2) is 4.93. The highest BCUT2D eigenvalue weighted by atomic mass is 19.1. The number of hydrogen-bond acceptors (Lipinski definition) is 4. The van der Waals surface area contributed by atoms with Gasteiger partial charge in [0.15, 0.2) is 11.5 Å². The number of para-hydroxylation sites is 1. The molecule has 3 N–H and O–H groups in total. The van der Waals surface area contributed by atoms with Crippen molar-refractivity contribution in [1.29, 1.82) is 0 Å². The first-order chi connectivity index (χ1) is 8.94. The SMILES string of the molecule is NC1(C(=O)Nc2c(F)cccc2[N+](=O)[O-])CCCC1. The molecule has 1 fully saturated rings. The van der Waals surface area contributed by atoms with Crippen molar-refractivity contribution in [2.45, 2.75) is 31.2 Å². The summed E-state index contributed by atoms with van der Waals surface area (Å²) in [5, 5.41) is 13.1. The number of nitrogens with one attached hydrogen (secondary N) is 1. The van der Waals surface area contributed by atoms with E-state index in [2.05, 4.69) is 5.32 Å². The van der Waals surface area contributed by atoms with Gasteiger partial charge in [0.1, 0.15) is 0 Å². The first kappa shape index (κ1) is 13.4. The Bertz CT molecular complexity index is 527. The summed E-state index contributed by atoms with van der Waals surface area (Å²) >= 11 is 0. The summed E-state index contributed by atoms with van der Waals surface area (Å²) in [6.07, 6.45) is 2.65. The van der Waals surface area contributed by atoms with E-state index < -0.39 is 33.6 Å². The van der Waals surface area contributed by atoms with E-state index in [1.54, 1.807) is 0 Å². The standard InChI is InChI=1S/C12H14FN3O3/c13-8-4-3-5-9(16(18)19)10(8)15-11(17)12(14)6-1-2-7-12/h3-5H,1-2,6-7,14H2,(H,15,17). The van der Waals surface area contributed by atoms with E-state index in [0.717, 1.165) is 25.0 Å². The van der Waals surface area contributed by atoms with E-state index >= 15 is 0 Å². The van der Waals surface area contributed by atoms with Crippen LogP contribution in [-0.4, -0.2) is 16.4 Å². The molecule has 1 aromatic rings. The zero-order chi connectivity index (χ0) is 14.0. The van der Waals surface area contributed by atoms with Crippen LogP contribution in [-0.2, 0) is 4.79 Å². The minimum atomic E-state index is -1.06. The Labute approximate surface area is 108 Å². The van der Waals surface area contributed by atoms with Crippen LogP contribution in [0.1, 0.15) is 25.7 Å². The number of nitrogens with zero attached hydrogens (tertiary/aromatic N) is 1. The molecule has 6 nitrogen and oxygen atoms in total. The molecule has 0 aromatic heterocycles. The third-order valence-electron chi connectivity index (χ3n) is 3.37. The zero-order valence-corrected chi connectivity index (χ0v) is 10.2. The van der Waals surface area contributed by atoms with Gasteiger partial charge in [0, 0.05) is 6.07 Å². The van der Waals surface area contributed by atoms with Gasteiger partial charge in [-0.3, -0.25) is 14.9 Å². The highest BCUT2D eigenvalue weighted by molar-refractivity contribution is 5.99. The Kier molecular flexibility index (Phi) is 3.48. The lowest BCUT2D eigenvalue weighted by Gasteiger charge is -2.22. The summed E-state index contributed by atoms with van der Waals surface area (Å²) in [6, 6.07) is 3.41. The Hall–Kier alpha value is -2.02. The summed E-state index contributed by atoms with van der Waals surface area (Å²) in [5.41, 5.74) is 3.96. The molecule has 1 aliphatic carbocycles. The van der Waals surface area contributed by atoms with E-state index in [4.69, 9.17) is 5.73 Å². The van der Waals surface area contributed by atoms with Gasteiger partial charge in [0.25, 0.3) is 5.69 Å². The number of halogens is 1. The van der Waals surface area contributed by atoms with Gasteiger partial charge < -0.3 is 11.1 Å². The second-order valence-corrected chi connectivity index (χ2v) is 4.71. The number of carbonyl (C=O) groups is 1. The molecule has 0 radical (unpaired) electrons. The fourth-order valence-corrected chi connectivity index (χ4v) is 2.26. The summed E-state index contributed by atoms with van der Waals surface area (Å²) in [7, 11) is 0. The number of anilines is 1. The van der Waals surface area contributed by atoms with Crippen LogP contribution in [0.4, 0.5) is 15.8 Å². The van der Waals surface area contributed by atoms with E-state index in [0.29, 0.717) is 12.8 Å². The molecule has 1 amide bonds. The van der Waals surface area contributed by atoms with Crippen molar-refractivity contribution in [3.8, 4) is 0 Å². The Morgan fingerprint density at radius 3 is 2.63 bits per heavy atom. The van der Waals surface area contributed by atoms with Crippen LogP contribution in [0.2, 0.25) is 0 Å². The number of carbonyl (C=O) groups excluding carboxylic acids is 1. The van der Waals surface area contributed by atoms with Crippen LogP contribution in [0, 0.1) is 15.9 Å². The van der Waals surface area contributed by atoms with Crippen LogP contribution in [0.3, 0.4) is 0 Å². The lowest BCUT2D eigenvalue weighted by atomic mass is 9.98. The maximum Gasteiger partial charge on any atom is 0.295 e. The molecule has 1 aromatic carbocycles. The normalized spacial score (nSPS) is 17.2. The van der Waals surface area contributed by atoms with Gasteiger partial charge in [-0.15, -0.1) is 0 Å². The van der Waals surface area contributed by atoms with Crippen molar-refractivity contribution in [1.82, 2.24) is 0 Å².